The highest BCUT2D eigenvalue weighted by molar-refractivity contribution is 5.58. The van der Waals surface area contributed by atoms with Crippen molar-refractivity contribution in [1.29, 1.82) is 0 Å². The van der Waals surface area contributed by atoms with E-state index >= 15 is 0 Å². The van der Waals surface area contributed by atoms with Crippen LogP contribution in [0.1, 0.15) is 31.4 Å². The SMILES string of the molecule is Cc1cc2c(cc1F)NCCC2(C)C. The average Bonchev–Trinajstić information content (AvgIpc) is 2.08. The van der Waals surface area contributed by atoms with Gasteiger partial charge in [-0.15, -0.1) is 0 Å². The number of hydrogen-bond donors (Lipinski definition) is 1. The third kappa shape index (κ3) is 1.39. The molecule has 1 aliphatic rings. The summed E-state index contributed by atoms with van der Waals surface area (Å²) in [5, 5.41) is 3.25. The lowest BCUT2D eigenvalue weighted by Gasteiger charge is -2.33. The van der Waals surface area contributed by atoms with E-state index in [4.69, 9.17) is 0 Å². The molecule has 0 amide bonds. The summed E-state index contributed by atoms with van der Waals surface area (Å²) < 4.78 is 13.3. The molecule has 0 fully saturated rings. The Hall–Kier alpha value is -1.05. The quantitative estimate of drug-likeness (QED) is 0.667. The van der Waals surface area contributed by atoms with Crippen LogP contribution in [0.15, 0.2) is 12.1 Å². The second kappa shape index (κ2) is 2.97. The number of aryl methyl sites for hydroxylation is 1. The van der Waals surface area contributed by atoms with Gasteiger partial charge >= 0.3 is 0 Å². The van der Waals surface area contributed by atoms with Crippen LogP contribution in [0.2, 0.25) is 0 Å². The Morgan fingerprint density at radius 3 is 2.79 bits per heavy atom. The van der Waals surface area contributed by atoms with Gasteiger partial charge in [-0.2, -0.15) is 0 Å². The van der Waals surface area contributed by atoms with Crippen LogP contribution >= 0.6 is 0 Å². The number of benzene rings is 1. The van der Waals surface area contributed by atoms with E-state index in [1.165, 1.54) is 5.56 Å². The highest BCUT2D eigenvalue weighted by Crippen LogP contribution is 2.37. The zero-order chi connectivity index (χ0) is 10.3. The fraction of sp³-hybridized carbons (Fsp3) is 0.500. The van der Waals surface area contributed by atoms with Crippen molar-refractivity contribution in [3.63, 3.8) is 0 Å². The summed E-state index contributed by atoms with van der Waals surface area (Å²) in [5.41, 5.74) is 3.10. The third-order valence-electron chi connectivity index (χ3n) is 3.09. The van der Waals surface area contributed by atoms with Gasteiger partial charge in [-0.1, -0.05) is 19.9 Å². The van der Waals surface area contributed by atoms with E-state index in [2.05, 4.69) is 19.2 Å². The number of rotatable bonds is 0. The Labute approximate surface area is 84.3 Å². The molecular formula is C12H16FN. The summed E-state index contributed by atoms with van der Waals surface area (Å²) >= 11 is 0. The Bertz CT molecular complexity index is 369. The van der Waals surface area contributed by atoms with E-state index in [0.717, 1.165) is 24.2 Å². The van der Waals surface area contributed by atoms with Crippen molar-refractivity contribution in [3.8, 4) is 0 Å². The molecule has 1 heterocycles. The van der Waals surface area contributed by atoms with Crippen LogP contribution in [0.5, 0.6) is 0 Å². The minimum atomic E-state index is -0.117. The summed E-state index contributed by atoms with van der Waals surface area (Å²) in [7, 11) is 0. The summed E-state index contributed by atoms with van der Waals surface area (Å²) in [6.45, 7) is 7.18. The number of hydrogen-bond acceptors (Lipinski definition) is 1. The van der Waals surface area contributed by atoms with Gasteiger partial charge in [0.25, 0.3) is 0 Å². The van der Waals surface area contributed by atoms with E-state index in [1.807, 2.05) is 13.0 Å². The third-order valence-corrected chi connectivity index (χ3v) is 3.09. The maximum Gasteiger partial charge on any atom is 0.128 e. The second-order valence-electron chi connectivity index (χ2n) is 4.71. The molecule has 14 heavy (non-hydrogen) atoms. The van der Waals surface area contributed by atoms with Gasteiger partial charge in [-0.3, -0.25) is 0 Å². The fourth-order valence-corrected chi connectivity index (χ4v) is 2.03. The summed E-state index contributed by atoms with van der Waals surface area (Å²) in [6.07, 6.45) is 1.10. The predicted molar refractivity (Wildman–Crippen MR) is 57.3 cm³/mol. The summed E-state index contributed by atoms with van der Waals surface area (Å²) in [4.78, 5) is 0. The normalized spacial score (nSPS) is 18.6. The molecule has 1 aromatic rings. The fourth-order valence-electron chi connectivity index (χ4n) is 2.03. The van der Waals surface area contributed by atoms with Crippen LogP contribution in [0.3, 0.4) is 0 Å². The lowest BCUT2D eigenvalue weighted by molar-refractivity contribution is 0.479. The molecule has 0 spiro atoms. The van der Waals surface area contributed by atoms with Gasteiger partial charge in [0.15, 0.2) is 0 Å². The van der Waals surface area contributed by atoms with Gasteiger partial charge in [0.1, 0.15) is 5.82 Å². The average molecular weight is 193 g/mol. The Balaban J connectivity index is 2.59. The molecule has 2 heteroatoms. The monoisotopic (exact) mass is 193 g/mol. The lowest BCUT2D eigenvalue weighted by atomic mass is 9.78. The van der Waals surface area contributed by atoms with Crippen molar-refractivity contribution in [2.24, 2.45) is 0 Å². The zero-order valence-electron chi connectivity index (χ0n) is 8.95. The molecule has 2 rings (SSSR count). The molecular weight excluding hydrogens is 177 g/mol. The Morgan fingerprint density at radius 2 is 2.07 bits per heavy atom. The largest absolute Gasteiger partial charge is 0.385 e. The molecule has 0 aromatic heterocycles. The highest BCUT2D eigenvalue weighted by Gasteiger charge is 2.27. The van der Waals surface area contributed by atoms with Crippen molar-refractivity contribution < 1.29 is 4.39 Å². The van der Waals surface area contributed by atoms with Crippen LogP contribution in [0.25, 0.3) is 0 Å². The molecule has 0 radical (unpaired) electrons. The second-order valence-corrected chi connectivity index (χ2v) is 4.71. The van der Waals surface area contributed by atoms with Crippen molar-refractivity contribution >= 4 is 5.69 Å². The molecule has 0 bridgehead atoms. The lowest BCUT2D eigenvalue weighted by Crippen LogP contribution is -2.28. The van der Waals surface area contributed by atoms with Gasteiger partial charge in [-0.25, -0.2) is 4.39 Å². The summed E-state index contributed by atoms with van der Waals surface area (Å²) in [6, 6.07) is 3.59. The molecule has 1 nitrogen and oxygen atoms in total. The van der Waals surface area contributed by atoms with E-state index in [-0.39, 0.29) is 11.2 Å². The maximum atomic E-state index is 13.3. The molecule has 0 aliphatic carbocycles. The first-order chi connectivity index (χ1) is 6.50. The van der Waals surface area contributed by atoms with Gasteiger partial charge in [0.2, 0.25) is 0 Å². The molecule has 0 unspecified atom stereocenters. The highest BCUT2D eigenvalue weighted by atomic mass is 19.1. The number of nitrogens with one attached hydrogen (secondary N) is 1. The molecule has 1 aliphatic heterocycles. The standard InChI is InChI=1S/C12H16FN/c1-8-6-9-11(7-10(8)13)14-5-4-12(9,2)3/h6-7,14H,4-5H2,1-3H3. The van der Waals surface area contributed by atoms with E-state index in [0.29, 0.717) is 0 Å². The van der Waals surface area contributed by atoms with Crippen molar-refractivity contribution in [2.75, 3.05) is 11.9 Å². The molecule has 0 atom stereocenters. The van der Waals surface area contributed by atoms with E-state index < -0.39 is 0 Å². The molecule has 1 aromatic carbocycles. The van der Waals surface area contributed by atoms with Gasteiger partial charge in [0.05, 0.1) is 0 Å². The summed E-state index contributed by atoms with van der Waals surface area (Å²) in [5.74, 6) is -0.117. The smallest absolute Gasteiger partial charge is 0.128 e. The Kier molecular flexibility index (Phi) is 2.02. The van der Waals surface area contributed by atoms with Gasteiger partial charge in [-0.05, 0) is 36.0 Å². The van der Waals surface area contributed by atoms with Crippen molar-refractivity contribution in [2.45, 2.75) is 32.6 Å². The number of anilines is 1. The first kappa shape index (κ1) is 9.50. The van der Waals surface area contributed by atoms with E-state index in [1.54, 1.807) is 6.07 Å². The maximum absolute atomic E-state index is 13.3. The molecule has 0 saturated heterocycles. The molecule has 1 N–H and O–H groups in total. The van der Waals surface area contributed by atoms with Crippen LogP contribution in [0.4, 0.5) is 10.1 Å². The molecule has 0 saturated carbocycles. The molecule has 76 valence electrons. The van der Waals surface area contributed by atoms with Crippen LogP contribution in [-0.2, 0) is 5.41 Å². The van der Waals surface area contributed by atoms with Gasteiger partial charge < -0.3 is 5.32 Å². The minimum Gasteiger partial charge on any atom is -0.385 e. The van der Waals surface area contributed by atoms with Crippen LogP contribution in [-0.4, -0.2) is 6.54 Å². The minimum absolute atomic E-state index is 0.117. The first-order valence-corrected chi connectivity index (χ1v) is 5.05. The van der Waals surface area contributed by atoms with Crippen LogP contribution in [0, 0.1) is 12.7 Å². The number of fused-ring (bicyclic) bond motifs is 1. The predicted octanol–water partition coefficient (Wildman–Crippen LogP) is 3.23. The van der Waals surface area contributed by atoms with Gasteiger partial charge in [0, 0.05) is 12.2 Å². The topological polar surface area (TPSA) is 12.0 Å². The Morgan fingerprint density at radius 1 is 1.36 bits per heavy atom. The van der Waals surface area contributed by atoms with Crippen LogP contribution < -0.4 is 5.32 Å². The van der Waals surface area contributed by atoms with Crippen molar-refractivity contribution in [1.82, 2.24) is 0 Å². The van der Waals surface area contributed by atoms with E-state index in [9.17, 15) is 4.39 Å². The van der Waals surface area contributed by atoms with Crippen molar-refractivity contribution in [3.05, 3.63) is 29.1 Å². The first-order valence-electron chi connectivity index (χ1n) is 5.05. The number of halogens is 1. The zero-order valence-corrected chi connectivity index (χ0v) is 8.95.